The summed E-state index contributed by atoms with van der Waals surface area (Å²) in [6.45, 7) is 6.48. The van der Waals surface area contributed by atoms with E-state index in [1.54, 1.807) is 0 Å². The number of carbonyl (C=O) groups excluding carboxylic acids is 2. The minimum absolute atomic E-state index is 0.0647. The molecule has 0 aromatic carbocycles. The van der Waals surface area contributed by atoms with Crippen molar-refractivity contribution in [2.45, 2.75) is 13.8 Å². The summed E-state index contributed by atoms with van der Waals surface area (Å²) in [6.07, 6.45) is 0. The zero-order valence-corrected chi connectivity index (χ0v) is 23.8. The highest BCUT2D eigenvalue weighted by molar-refractivity contribution is 5.79. The van der Waals surface area contributed by atoms with Crippen LogP contribution >= 0.6 is 0 Å². The number of hydrogen-bond donors (Lipinski definition) is 6. The summed E-state index contributed by atoms with van der Waals surface area (Å²) in [4.78, 5) is 67.1. The van der Waals surface area contributed by atoms with Gasteiger partial charge in [-0.15, -0.1) is 0 Å². The number of amides is 2. The minimum atomic E-state index is -1.15. The number of rotatable bonds is 25. The van der Waals surface area contributed by atoms with Gasteiger partial charge in [0, 0.05) is 65.4 Å². The molecule has 8 N–H and O–H groups in total. The van der Waals surface area contributed by atoms with Crippen molar-refractivity contribution in [1.82, 2.24) is 29.8 Å². The van der Waals surface area contributed by atoms with Crippen molar-refractivity contribution in [2.24, 2.45) is 11.5 Å². The molecule has 0 aromatic rings. The Bertz CT molecular complexity index is 778. The summed E-state index contributed by atoms with van der Waals surface area (Å²) in [5.74, 6) is -4.10. The van der Waals surface area contributed by atoms with Crippen LogP contribution in [0.3, 0.4) is 0 Å². The topological polar surface area (TPSA) is 226 Å². The van der Waals surface area contributed by atoms with Gasteiger partial charge in [-0.2, -0.15) is 0 Å². The maximum atomic E-state index is 12.7. The maximum Gasteiger partial charge on any atom is 0.317 e. The molecule has 0 fully saturated rings. The number of likely N-dealkylation sites (N-methyl/N-ethyl adjacent to an activating group) is 1. The summed E-state index contributed by atoms with van der Waals surface area (Å²) in [5.41, 5.74) is 11.1. The van der Waals surface area contributed by atoms with Crippen LogP contribution < -0.4 is 16.8 Å². The van der Waals surface area contributed by atoms with Crippen LogP contribution in [0.25, 0.3) is 0 Å². The van der Waals surface area contributed by atoms with E-state index >= 15 is 0 Å². The van der Waals surface area contributed by atoms with Gasteiger partial charge < -0.3 is 41.9 Å². The number of carboxylic acid groups (broad SMARTS) is 3. The standard InChI is InChI=1S/C24H48N8O8/c1-3-28(4-2)10-7-27-20(33)15-30(18-23(37)38)13-11-29(17-22(35)36)12-14-31(19-24(39)40)16-21(34)32(8-5-25)9-6-26/h3-19,25-26H2,1-2H3,(H,27,33)(H,35,36)(H,37,38)(H,39,40). The maximum absolute atomic E-state index is 12.7. The highest BCUT2D eigenvalue weighted by atomic mass is 16.4. The molecule has 0 heterocycles. The first-order valence-electron chi connectivity index (χ1n) is 13.4. The molecule has 0 bridgehead atoms. The molecule has 0 spiro atoms. The van der Waals surface area contributed by atoms with E-state index in [4.69, 9.17) is 11.5 Å². The first-order valence-corrected chi connectivity index (χ1v) is 13.4. The third kappa shape index (κ3) is 18.4. The molecule has 16 heteroatoms. The van der Waals surface area contributed by atoms with Crippen molar-refractivity contribution in [3.8, 4) is 0 Å². The largest absolute Gasteiger partial charge is 0.480 e. The van der Waals surface area contributed by atoms with Crippen molar-refractivity contribution < 1.29 is 39.3 Å². The predicted octanol–water partition coefficient (Wildman–Crippen LogP) is -3.65. The van der Waals surface area contributed by atoms with Gasteiger partial charge in [0.2, 0.25) is 11.8 Å². The van der Waals surface area contributed by atoms with Gasteiger partial charge >= 0.3 is 17.9 Å². The van der Waals surface area contributed by atoms with Gasteiger partial charge in [-0.05, 0) is 13.1 Å². The number of nitrogens with two attached hydrogens (primary N) is 2. The summed E-state index contributed by atoms with van der Waals surface area (Å²) >= 11 is 0. The molecule has 0 atom stereocenters. The van der Waals surface area contributed by atoms with E-state index in [9.17, 15) is 39.3 Å². The molecule has 2 amide bonds. The first-order chi connectivity index (χ1) is 18.9. The Morgan fingerprint density at radius 2 is 1.00 bits per heavy atom. The minimum Gasteiger partial charge on any atom is -0.480 e. The van der Waals surface area contributed by atoms with Crippen LogP contribution in [-0.4, -0.2) is 181 Å². The third-order valence-electron chi connectivity index (χ3n) is 6.06. The van der Waals surface area contributed by atoms with Crippen LogP contribution in [0.5, 0.6) is 0 Å². The lowest BCUT2D eigenvalue weighted by atomic mass is 10.3. The molecule has 0 aliphatic carbocycles. The fourth-order valence-corrected chi connectivity index (χ4v) is 3.95. The van der Waals surface area contributed by atoms with Crippen molar-refractivity contribution >= 4 is 29.7 Å². The molecule has 0 aromatic heterocycles. The summed E-state index contributed by atoms with van der Waals surface area (Å²) in [5, 5.41) is 30.7. The van der Waals surface area contributed by atoms with E-state index in [1.807, 2.05) is 13.8 Å². The Morgan fingerprint density at radius 3 is 1.43 bits per heavy atom. The molecule has 0 aliphatic heterocycles. The lowest BCUT2D eigenvalue weighted by Crippen LogP contribution is -2.49. The van der Waals surface area contributed by atoms with Crippen molar-refractivity contribution in [2.75, 3.05) is 111 Å². The number of aliphatic carboxylic acids is 3. The zero-order valence-electron chi connectivity index (χ0n) is 23.8. The quantitative estimate of drug-likeness (QED) is 0.0616. The van der Waals surface area contributed by atoms with E-state index in [1.165, 1.54) is 19.6 Å². The van der Waals surface area contributed by atoms with Gasteiger partial charge in [-0.1, -0.05) is 13.8 Å². The Hall–Kier alpha value is -2.89. The zero-order chi connectivity index (χ0) is 30.5. The van der Waals surface area contributed by atoms with Gasteiger partial charge in [0.25, 0.3) is 0 Å². The third-order valence-corrected chi connectivity index (χ3v) is 6.06. The Labute approximate surface area is 235 Å². The van der Waals surface area contributed by atoms with Crippen LogP contribution in [0, 0.1) is 0 Å². The van der Waals surface area contributed by atoms with E-state index in [0.29, 0.717) is 13.1 Å². The van der Waals surface area contributed by atoms with Crippen molar-refractivity contribution in [1.29, 1.82) is 0 Å². The summed E-state index contributed by atoms with van der Waals surface area (Å²) in [7, 11) is 0. The fraction of sp³-hybridized carbons (Fsp3) is 0.792. The number of nitrogens with zero attached hydrogens (tertiary/aromatic N) is 5. The van der Waals surface area contributed by atoms with Crippen LogP contribution in [0.4, 0.5) is 0 Å². The second-order valence-electron chi connectivity index (χ2n) is 9.21. The van der Waals surface area contributed by atoms with Crippen LogP contribution in [0.1, 0.15) is 13.8 Å². The molecular weight excluding hydrogens is 528 g/mol. The van der Waals surface area contributed by atoms with Crippen molar-refractivity contribution in [3.63, 3.8) is 0 Å². The lowest BCUT2D eigenvalue weighted by molar-refractivity contribution is -0.141. The molecule has 16 nitrogen and oxygen atoms in total. The van der Waals surface area contributed by atoms with Crippen LogP contribution in [0.2, 0.25) is 0 Å². The molecule has 232 valence electrons. The summed E-state index contributed by atoms with van der Waals surface area (Å²) < 4.78 is 0. The number of carboxylic acids is 3. The molecule has 0 saturated carbocycles. The van der Waals surface area contributed by atoms with Crippen LogP contribution in [0.15, 0.2) is 0 Å². The molecule has 0 aliphatic rings. The molecule has 0 unspecified atom stereocenters. The number of hydrogen-bond acceptors (Lipinski definition) is 11. The average molecular weight is 577 g/mol. The van der Waals surface area contributed by atoms with E-state index in [0.717, 1.165) is 13.1 Å². The SMILES string of the molecule is CCN(CC)CCNC(=O)CN(CCN(CCN(CC(=O)O)CC(=O)N(CCN)CCN)CC(=O)O)CC(=O)O. The van der Waals surface area contributed by atoms with E-state index in [2.05, 4.69) is 10.2 Å². The van der Waals surface area contributed by atoms with Gasteiger partial charge in [-0.25, -0.2) is 0 Å². The van der Waals surface area contributed by atoms with Gasteiger partial charge in [0.05, 0.1) is 32.7 Å². The summed E-state index contributed by atoms with van der Waals surface area (Å²) in [6, 6.07) is 0. The molecular formula is C24H48N8O8. The smallest absolute Gasteiger partial charge is 0.317 e. The monoisotopic (exact) mass is 576 g/mol. The second-order valence-corrected chi connectivity index (χ2v) is 9.21. The fourth-order valence-electron chi connectivity index (χ4n) is 3.95. The molecule has 0 rings (SSSR count). The van der Waals surface area contributed by atoms with E-state index in [-0.39, 0.29) is 77.3 Å². The number of carbonyl (C=O) groups is 5. The first kappa shape index (κ1) is 37.1. The predicted molar refractivity (Wildman–Crippen MR) is 148 cm³/mol. The van der Waals surface area contributed by atoms with Gasteiger partial charge in [0.15, 0.2) is 0 Å². The lowest BCUT2D eigenvalue weighted by Gasteiger charge is -2.29. The highest BCUT2D eigenvalue weighted by Crippen LogP contribution is 1.99. The van der Waals surface area contributed by atoms with E-state index < -0.39 is 37.5 Å². The van der Waals surface area contributed by atoms with Gasteiger partial charge in [-0.3, -0.25) is 38.7 Å². The molecule has 0 radical (unpaired) electrons. The Balaban J connectivity index is 5.22. The average Bonchev–Trinajstić information content (AvgIpc) is 2.86. The number of nitrogens with one attached hydrogen (secondary N) is 1. The Kier molecular flexibility index (Phi) is 20.3. The van der Waals surface area contributed by atoms with Crippen LogP contribution in [-0.2, 0) is 24.0 Å². The highest BCUT2D eigenvalue weighted by Gasteiger charge is 2.21. The molecule has 0 saturated heterocycles. The normalized spacial score (nSPS) is 11.4. The van der Waals surface area contributed by atoms with Gasteiger partial charge in [0.1, 0.15) is 0 Å². The molecule has 40 heavy (non-hydrogen) atoms. The van der Waals surface area contributed by atoms with Crippen molar-refractivity contribution in [3.05, 3.63) is 0 Å². The Morgan fingerprint density at radius 1 is 0.575 bits per heavy atom. The second kappa shape index (κ2) is 21.9.